The fourth-order valence-corrected chi connectivity index (χ4v) is 3.31. The van der Waals surface area contributed by atoms with E-state index >= 15 is 0 Å². The van der Waals surface area contributed by atoms with Gasteiger partial charge in [0.05, 0.1) is 29.7 Å². The molecule has 0 radical (unpaired) electrons. The van der Waals surface area contributed by atoms with Gasteiger partial charge >= 0.3 is 6.09 Å². The number of nitrogens with one attached hydrogen (secondary N) is 2. The second-order valence-electron chi connectivity index (χ2n) is 6.08. The number of carbonyl (C=O) groups excluding carboxylic acids is 1. The van der Waals surface area contributed by atoms with E-state index in [2.05, 4.69) is 30.2 Å². The Morgan fingerprint density at radius 1 is 1.46 bits per heavy atom. The number of alkyl carbamates (subject to hydrolysis) is 1. The average Bonchev–Trinajstić information content (AvgIpc) is 3.15. The number of aromatic nitrogens is 4. The number of pyridine rings is 1. The van der Waals surface area contributed by atoms with Crippen LogP contribution in [0.2, 0.25) is 0 Å². The molecule has 1 saturated heterocycles. The zero-order chi connectivity index (χ0) is 17.9. The van der Waals surface area contributed by atoms with Gasteiger partial charge < -0.3 is 19.9 Å². The Hall–Kier alpha value is -3.41. The number of rotatable bonds is 3. The van der Waals surface area contributed by atoms with E-state index in [9.17, 15) is 4.79 Å². The molecule has 3 aromatic heterocycles. The van der Waals surface area contributed by atoms with E-state index in [0.717, 1.165) is 47.1 Å². The van der Waals surface area contributed by atoms with E-state index in [-0.39, 0.29) is 12.6 Å². The van der Waals surface area contributed by atoms with Crippen LogP contribution >= 0.6 is 0 Å². The molecule has 26 heavy (non-hydrogen) atoms. The van der Waals surface area contributed by atoms with Crippen LogP contribution in [0.4, 0.5) is 10.6 Å². The van der Waals surface area contributed by atoms with Crippen LogP contribution < -0.4 is 10.2 Å². The standard InChI is InChI=1S/C17H17N7O2/c18-4-6-20-17(25)26-11-2-1-7-24(9-11)16-14-12-3-5-19-15(12)21-8-13(14)22-10-23-16/h3,5,8,10-11H,1-2,6-7,9H2,(H,19,21)(H,20,25). The van der Waals surface area contributed by atoms with Crippen LogP contribution in [0.1, 0.15) is 12.8 Å². The monoisotopic (exact) mass is 351 g/mol. The molecule has 0 saturated carbocycles. The van der Waals surface area contributed by atoms with Gasteiger partial charge in [-0.05, 0) is 18.9 Å². The van der Waals surface area contributed by atoms with E-state index in [1.807, 2.05) is 18.3 Å². The molecule has 0 spiro atoms. The van der Waals surface area contributed by atoms with E-state index in [4.69, 9.17) is 10.00 Å². The lowest BCUT2D eigenvalue weighted by Gasteiger charge is -2.33. The highest BCUT2D eigenvalue weighted by molar-refractivity contribution is 6.08. The quantitative estimate of drug-likeness (QED) is 0.689. The Morgan fingerprint density at radius 2 is 2.38 bits per heavy atom. The van der Waals surface area contributed by atoms with E-state index in [0.29, 0.717) is 6.54 Å². The number of amides is 1. The zero-order valence-electron chi connectivity index (χ0n) is 14.0. The highest BCUT2D eigenvalue weighted by Gasteiger charge is 2.26. The van der Waals surface area contributed by atoms with Gasteiger partial charge in [-0.1, -0.05) is 0 Å². The predicted molar refractivity (Wildman–Crippen MR) is 94.5 cm³/mol. The summed E-state index contributed by atoms with van der Waals surface area (Å²) in [4.78, 5) is 30.1. The van der Waals surface area contributed by atoms with Crippen LogP contribution in [0, 0.1) is 11.3 Å². The first-order chi connectivity index (χ1) is 12.8. The molecule has 0 bridgehead atoms. The summed E-state index contributed by atoms with van der Waals surface area (Å²) < 4.78 is 5.42. The van der Waals surface area contributed by atoms with Crippen LogP contribution in [0.25, 0.3) is 21.9 Å². The van der Waals surface area contributed by atoms with Crippen molar-refractivity contribution in [2.24, 2.45) is 0 Å². The first-order valence-electron chi connectivity index (χ1n) is 8.39. The smallest absolute Gasteiger partial charge is 0.408 e. The van der Waals surface area contributed by atoms with Gasteiger partial charge in [0.2, 0.25) is 0 Å². The molecule has 1 atom stereocenters. The van der Waals surface area contributed by atoms with Crippen molar-refractivity contribution >= 4 is 33.8 Å². The van der Waals surface area contributed by atoms with Crippen molar-refractivity contribution in [3.8, 4) is 6.07 Å². The molecule has 4 heterocycles. The molecule has 9 nitrogen and oxygen atoms in total. The Morgan fingerprint density at radius 3 is 3.27 bits per heavy atom. The van der Waals surface area contributed by atoms with Crippen LogP contribution in [-0.4, -0.2) is 51.8 Å². The number of anilines is 1. The summed E-state index contributed by atoms with van der Waals surface area (Å²) in [7, 11) is 0. The summed E-state index contributed by atoms with van der Waals surface area (Å²) in [5, 5.41) is 12.8. The van der Waals surface area contributed by atoms with Crippen molar-refractivity contribution < 1.29 is 9.53 Å². The normalized spacial score (nSPS) is 17.2. The zero-order valence-corrected chi connectivity index (χ0v) is 14.0. The minimum absolute atomic E-state index is 0.0652. The number of H-pyrrole nitrogens is 1. The van der Waals surface area contributed by atoms with Crippen molar-refractivity contribution in [2.75, 3.05) is 24.5 Å². The SMILES string of the molecule is N#CCNC(=O)OC1CCCN(c2ncnc3cnc4[nH]ccc4c23)C1. The van der Waals surface area contributed by atoms with Gasteiger partial charge in [0.15, 0.2) is 0 Å². The minimum Gasteiger partial charge on any atom is -0.444 e. The number of fused-ring (bicyclic) bond motifs is 3. The molecule has 1 aliphatic rings. The fraction of sp³-hybridized carbons (Fsp3) is 0.353. The van der Waals surface area contributed by atoms with Crippen molar-refractivity contribution in [3.63, 3.8) is 0 Å². The molecule has 2 N–H and O–H groups in total. The number of piperidine rings is 1. The topological polar surface area (TPSA) is 120 Å². The lowest BCUT2D eigenvalue weighted by atomic mass is 10.1. The maximum Gasteiger partial charge on any atom is 0.408 e. The first kappa shape index (κ1) is 16.1. The minimum atomic E-state index is -0.567. The summed E-state index contributed by atoms with van der Waals surface area (Å²) in [5.41, 5.74) is 1.56. The van der Waals surface area contributed by atoms with Gasteiger partial charge in [-0.2, -0.15) is 5.26 Å². The summed E-state index contributed by atoms with van der Waals surface area (Å²) >= 11 is 0. The molecule has 0 aliphatic carbocycles. The summed E-state index contributed by atoms with van der Waals surface area (Å²) in [5.74, 6) is 0.813. The maximum atomic E-state index is 11.7. The number of carbonyl (C=O) groups is 1. The van der Waals surface area contributed by atoms with Crippen molar-refractivity contribution in [1.29, 1.82) is 5.26 Å². The number of hydrogen-bond donors (Lipinski definition) is 2. The Labute approximate surface area is 149 Å². The molecule has 9 heteroatoms. The molecule has 1 aliphatic heterocycles. The fourth-order valence-electron chi connectivity index (χ4n) is 3.31. The maximum absolute atomic E-state index is 11.7. The Bertz CT molecular complexity index is 994. The molecular weight excluding hydrogens is 334 g/mol. The lowest BCUT2D eigenvalue weighted by molar-refractivity contribution is 0.0892. The van der Waals surface area contributed by atoms with Gasteiger partial charge in [0, 0.05) is 18.1 Å². The van der Waals surface area contributed by atoms with E-state index < -0.39 is 6.09 Å². The summed E-state index contributed by atoms with van der Waals surface area (Å²) in [6, 6.07) is 3.82. The van der Waals surface area contributed by atoms with Crippen molar-refractivity contribution in [2.45, 2.75) is 18.9 Å². The second-order valence-corrected chi connectivity index (χ2v) is 6.08. The number of nitrogens with zero attached hydrogens (tertiary/aromatic N) is 5. The molecule has 1 amide bonds. The van der Waals surface area contributed by atoms with E-state index in [1.165, 1.54) is 6.33 Å². The Kier molecular flexibility index (Phi) is 4.23. The predicted octanol–water partition coefficient (Wildman–Crippen LogP) is 1.72. The second kappa shape index (κ2) is 6.84. The third-order valence-electron chi connectivity index (χ3n) is 4.43. The molecular formula is C17H17N7O2. The van der Waals surface area contributed by atoms with Gasteiger partial charge in [0.1, 0.15) is 30.4 Å². The van der Waals surface area contributed by atoms with Crippen LogP contribution in [0.5, 0.6) is 0 Å². The molecule has 0 aromatic carbocycles. The highest BCUT2D eigenvalue weighted by Crippen LogP contribution is 2.31. The Balaban J connectivity index is 1.62. The largest absolute Gasteiger partial charge is 0.444 e. The average molecular weight is 351 g/mol. The van der Waals surface area contributed by atoms with Crippen LogP contribution in [0.3, 0.4) is 0 Å². The van der Waals surface area contributed by atoms with Crippen LogP contribution in [0.15, 0.2) is 24.8 Å². The molecule has 132 valence electrons. The number of hydrogen-bond acceptors (Lipinski definition) is 7. The number of nitriles is 1. The van der Waals surface area contributed by atoms with E-state index in [1.54, 1.807) is 6.20 Å². The molecule has 1 unspecified atom stereocenters. The van der Waals surface area contributed by atoms with Crippen molar-refractivity contribution in [3.05, 3.63) is 24.8 Å². The third-order valence-corrected chi connectivity index (χ3v) is 4.43. The summed E-state index contributed by atoms with van der Waals surface area (Å²) in [6.45, 7) is 1.30. The van der Waals surface area contributed by atoms with Crippen LogP contribution in [-0.2, 0) is 4.74 Å². The van der Waals surface area contributed by atoms with Crippen molar-refractivity contribution in [1.82, 2.24) is 25.3 Å². The number of ether oxygens (including phenoxy) is 1. The lowest BCUT2D eigenvalue weighted by Crippen LogP contribution is -2.42. The van der Waals surface area contributed by atoms with Gasteiger partial charge in [-0.25, -0.2) is 19.7 Å². The van der Waals surface area contributed by atoms with Gasteiger partial charge in [-0.3, -0.25) is 0 Å². The molecule has 3 aromatic rings. The third kappa shape index (κ3) is 2.97. The number of aromatic amines is 1. The molecule has 1 fully saturated rings. The van der Waals surface area contributed by atoms with Gasteiger partial charge in [-0.15, -0.1) is 0 Å². The highest BCUT2D eigenvalue weighted by atomic mass is 16.6. The summed E-state index contributed by atoms with van der Waals surface area (Å²) in [6.07, 6.45) is 5.94. The van der Waals surface area contributed by atoms with Gasteiger partial charge in [0.25, 0.3) is 0 Å². The first-order valence-corrected chi connectivity index (χ1v) is 8.39. The molecule has 4 rings (SSSR count).